The van der Waals surface area contributed by atoms with Crippen molar-refractivity contribution in [2.75, 3.05) is 0 Å². The Morgan fingerprint density at radius 1 is 0.250 bits per heavy atom. The maximum absolute atomic E-state index is 5.32. The number of pyridine rings is 2. The maximum Gasteiger partial charge on any atom is 0.164 e. The van der Waals surface area contributed by atoms with Crippen LogP contribution in [-0.4, -0.2) is 24.9 Å². The SMILES string of the molecule is c1ccc(-c2ccc3ccc4c(-c5ccccc5)cc(-c5ccc(-c6ccc(-c7nc(-c8ccccc8)nc(-c8ccccc8)n7)cc6)cc5)nc4c3n2)cc1. The molecule has 0 atom stereocenters. The standard InChI is InChI=1S/C51H33N5/c1-5-13-36(14-6-1)44-33-46(53-48-43(44)31-29-39-30-32-45(52-47(39)48)37-15-7-2-8-16-37)38-25-21-34(22-26-38)35-23-27-42(28-24-35)51-55-49(40-17-9-3-10-18-40)54-50(56-51)41-19-11-4-12-20-41/h1-33H. The summed E-state index contributed by atoms with van der Waals surface area (Å²) >= 11 is 0. The third kappa shape index (κ3) is 6.37. The van der Waals surface area contributed by atoms with Gasteiger partial charge in [0.05, 0.1) is 22.4 Å². The summed E-state index contributed by atoms with van der Waals surface area (Å²) in [6, 6.07) is 68.8. The molecule has 3 heterocycles. The van der Waals surface area contributed by atoms with Gasteiger partial charge in [0.25, 0.3) is 0 Å². The van der Waals surface area contributed by atoms with Gasteiger partial charge in [0, 0.05) is 38.6 Å². The lowest BCUT2D eigenvalue weighted by molar-refractivity contribution is 1.07. The van der Waals surface area contributed by atoms with Gasteiger partial charge < -0.3 is 0 Å². The first-order valence-corrected chi connectivity index (χ1v) is 18.7. The largest absolute Gasteiger partial charge is 0.245 e. The molecular formula is C51H33N5. The molecule has 5 heteroatoms. The van der Waals surface area contributed by atoms with Crippen molar-refractivity contribution < 1.29 is 0 Å². The molecule has 10 aromatic rings. The molecule has 7 aromatic carbocycles. The predicted octanol–water partition coefficient (Wildman–Crippen LogP) is 12.6. The first-order chi connectivity index (χ1) is 27.7. The third-order valence-corrected chi connectivity index (χ3v) is 10.1. The van der Waals surface area contributed by atoms with Gasteiger partial charge in [-0.15, -0.1) is 0 Å². The van der Waals surface area contributed by atoms with Gasteiger partial charge in [-0.3, -0.25) is 0 Å². The summed E-state index contributed by atoms with van der Waals surface area (Å²) in [5, 5.41) is 2.14. The first kappa shape index (κ1) is 33.0. The monoisotopic (exact) mass is 715 g/mol. The summed E-state index contributed by atoms with van der Waals surface area (Å²) < 4.78 is 0. The predicted molar refractivity (Wildman–Crippen MR) is 228 cm³/mol. The Morgan fingerprint density at radius 3 is 1.18 bits per heavy atom. The van der Waals surface area contributed by atoms with Gasteiger partial charge in [0.2, 0.25) is 0 Å². The molecule has 0 bridgehead atoms. The van der Waals surface area contributed by atoms with E-state index >= 15 is 0 Å². The number of hydrogen-bond acceptors (Lipinski definition) is 5. The minimum atomic E-state index is 0.633. The third-order valence-electron chi connectivity index (χ3n) is 10.1. The highest BCUT2D eigenvalue weighted by molar-refractivity contribution is 6.09. The minimum Gasteiger partial charge on any atom is -0.245 e. The van der Waals surface area contributed by atoms with E-state index in [1.165, 1.54) is 0 Å². The van der Waals surface area contributed by atoms with E-state index in [1.54, 1.807) is 0 Å². The minimum absolute atomic E-state index is 0.633. The van der Waals surface area contributed by atoms with Crippen LogP contribution < -0.4 is 0 Å². The van der Waals surface area contributed by atoms with E-state index in [9.17, 15) is 0 Å². The van der Waals surface area contributed by atoms with Gasteiger partial charge in [-0.05, 0) is 34.4 Å². The molecule has 0 fully saturated rings. The van der Waals surface area contributed by atoms with Gasteiger partial charge in [0.15, 0.2) is 17.5 Å². The summed E-state index contributed by atoms with van der Waals surface area (Å²) in [5.74, 6) is 1.92. The molecule has 0 radical (unpaired) electrons. The topological polar surface area (TPSA) is 64.5 Å². The number of benzene rings is 7. The van der Waals surface area contributed by atoms with Crippen LogP contribution in [0, 0.1) is 0 Å². The quantitative estimate of drug-likeness (QED) is 0.154. The van der Waals surface area contributed by atoms with Gasteiger partial charge >= 0.3 is 0 Å². The van der Waals surface area contributed by atoms with Crippen molar-refractivity contribution in [1.29, 1.82) is 0 Å². The summed E-state index contributed by atoms with van der Waals surface area (Å²) in [7, 11) is 0. The van der Waals surface area contributed by atoms with Gasteiger partial charge in [-0.2, -0.15) is 0 Å². The Morgan fingerprint density at radius 2 is 0.643 bits per heavy atom. The molecule has 3 aromatic heterocycles. The van der Waals surface area contributed by atoms with Crippen LogP contribution in [0.4, 0.5) is 0 Å². The highest BCUT2D eigenvalue weighted by Gasteiger charge is 2.15. The van der Waals surface area contributed by atoms with Crippen molar-refractivity contribution in [1.82, 2.24) is 24.9 Å². The lowest BCUT2D eigenvalue weighted by atomic mass is 9.96. The van der Waals surface area contributed by atoms with Crippen LogP contribution in [-0.2, 0) is 0 Å². The number of fused-ring (bicyclic) bond motifs is 3. The summed E-state index contributed by atoms with van der Waals surface area (Å²) in [4.78, 5) is 25.2. The highest BCUT2D eigenvalue weighted by Crippen LogP contribution is 2.36. The maximum atomic E-state index is 5.32. The Labute approximate surface area is 324 Å². The number of aromatic nitrogens is 5. The summed E-state index contributed by atoms with van der Waals surface area (Å²) in [6.45, 7) is 0. The van der Waals surface area contributed by atoms with Crippen molar-refractivity contribution in [3.63, 3.8) is 0 Å². The average Bonchev–Trinajstić information content (AvgIpc) is 3.29. The van der Waals surface area contributed by atoms with E-state index in [2.05, 4.69) is 121 Å². The fourth-order valence-corrected chi connectivity index (χ4v) is 7.23. The fourth-order valence-electron chi connectivity index (χ4n) is 7.23. The van der Waals surface area contributed by atoms with Crippen LogP contribution in [0.3, 0.4) is 0 Å². The second kappa shape index (κ2) is 14.3. The molecule has 0 aliphatic heterocycles. The molecule has 0 aliphatic rings. The normalized spacial score (nSPS) is 11.2. The fraction of sp³-hybridized carbons (Fsp3) is 0. The molecule has 0 amide bonds. The van der Waals surface area contributed by atoms with Crippen molar-refractivity contribution in [3.05, 3.63) is 200 Å². The first-order valence-electron chi connectivity index (χ1n) is 18.7. The van der Waals surface area contributed by atoms with Crippen molar-refractivity contribution in [3.8, 4) is 78.9 Å². The van der Waals surface area contributed by atoms with Crippen molar-refractivity contribution in [2.45, 2.75) is 0 Å². The molecule has 0 saturated heterocycles. The number of nitrogens with zero attached hydrogens (tertiary/aromatic N) is 5. The molecule has 0 saturated carbocycles. The van der Waals surface area contributed by atoms with E-state index in [0.29, 0.717) is 17.5 Å². The number of rotatable bonds is 7. The zero-order valence-electron chi connectivity index (χ0n) is 30.3. The van der Waals surface area contributed by atoms with E-state index in [4.69, 9.17) is 24.9 Å². The van der Waals surface area contributed by atoms with E-state index in [0.717, 1.165) is 83.3 Å². The zero-order chi connectivity index (χ0) is 37.3. The van der Waals surface area contributed by atoms with Crippen LogP contribution in [0.15, 0.2) is 200 Å². The van der Waals surface area contributed by atoms with Gasteiger partial charge in [-0.25, -0.2) is 24.9 Å². The van der Waals surface area contributed by atoms with Crippen LogP contribution >= 0.6 is 0 Å². The second-order valence-corrected chi connectivity index (χ2v) is 13.7. The lowest BCUT2D eigenvalue weighted by Crippen LogP contribution is -2.00. The molecule has 0 unspecified atom stereocenters. The van der Waals surface area contributed by atoms with Gasteiger partial charge in [0.1, 0.15) is 0 Å². The number of hydrogen-bond donors (Lipinski definition) is 0. The summed E-state index contributed by atoms with van der Waals surface area (Å²) in [5.41, 5.74) is 13.0. The van der Waals surface area contributed by atoms with Crippen LogP contribution in [0.1, 0.15) is 0 Å². The molecule has 10 rings (SSSR count). The van der Waals surface area contributed by atoms with E-state index in [-0.39, 0.29) is 0 Å². The van der Waals surface area contributed by atoms with Crippen LogP contribution in [0.2, 0.25) is 0 Å². The van der Waals surface area contributed by atoms with Gasteiger partial charge in [-0.1, -0.05) is 188 Å². The zero-order valence-corrected chi connectivity index (χ0v) is 30.3. The van der Waals surface area contributed by atoms with Crippen LogP contribution in [0.25, 0.3) is 101 Å². The van der Waals surface area contributed by atoms with E-state index in [1.807, 2.05) is 78.9 Å². The van der Waals surface area contributed by atoms with Crippen LogP contribution in [0.5, 0.6) is 0 Å². The second-order valence-electron chi connectivity index (χ2n) is 13.7. The highest BCUT2D eigenvalue weighted by atomic mass is 15.0. The Bertz CT molecular complexity index is 2910. The Balaban J connectivity index is 1.02. The smallest absolute Gasteiger partial charge is 0.164 e. The van der Waals surface area contributed by atoms with Crippen molar-refractivity contribution in [2.24, 2.45) is 0 Å². The molecule has 0 aliphatic carbocycles. The molecule has 56 heavy (non-hydrogen) atoms. The Hall–Kier alpha value is -7.63. The molecular weight excluding hydrogens is 683 g/mol. The molecule has 5 nitrogen and oxygen atoms in total. The summed E-state index contributed by atoms with van der Waals surface area (Å²) in [6.07, 6.45) is 0. The van der Waals surface area contributed by atoms with Crippen molar-refractivity contribution >= 4 is 21.8 Å². The molecule has 262 valence electrons. The lowest BCUT2D eigenvalue weighted by Gasteiger charge is -2.13. The Kier molecular flexibility index (Phi) is 8.43. The average molecular weight is 716 g/mol. The van der Waals surface area contributed by atoms with E-state index < -0.39 is 0 Å². The molecule has 0 spiro atoms. The molecule has 0 N–H and O–H groups in total.